The van der Waals surface area contributed by atoms with Crippen LogP contribution >= 0.6 is 0 Å². The lowest BCUT2D eigenvalue weighted by Gasteiger charge is -2.02. The van der Waals surface area contributed by atoms with E-state index in [0.717, 1.165) is 24.4 Å². The number of aromatic amines is 1. The molecule has 0 aromatic carbocycles. The first kappa shape index (κ1) is 11.0. The topological polar surface area (TPSA) is 45.6 Å². The van der Waals surface area contributed by atoms with Gasteiger partial charge in [-0.1, -0.05) is 0 Å². The first-order valence-electron chi connectivity index (χ1n) is 5.55. The van der Waals surface area contributed by atoms with E-state index in [4.69, 9.17) is 0 Å². The van der Waals surface area contributed by atoms with E-state index in [0.29, 0.717) is 0 Å². The van der Waals surface area contributed by atoms with E-state index in [1.165, 1.54) is 11.3 Å². The highest BCUT2D eigenvalue weighted by Crippen LogP contribution is 2.22. The summed E-state index contributed by atoms with van der Waals surface area (Å²) in [7, 11) is 3.97. The molecule has 86 valence electrons. The van der Waals surface area contributed by atoms with E-state index in [9.17, 15) is 0 Å². The molecule has 4 nitrogen and oxygen atoms in total. The lowest BCUT2D eigenvalue weighted by molar-refractivity contribution is 0.680. The molecule has 0 saturated heterocycles. The molecule has 0 aliphatic carbocycles. The fraction of sp³-hybridized carbons (Fsp3) is 0.417. The maximum Gasteiger partial charge on any atom is 0.112 e. The van der Waals surface area contributed by atoms with Crippen molar-refractivity contribution in [3.8, 4) is 11.4 Å². The summed E-state index contributed by atoms with van der Waals surface area (Å²) < 4.78 is 1.98. The fourth-order valence-electron chi connectivity index (χ4n) is 1.99. The minimum Gasteiger partial charge on any atom is -0.360 e. The van der Waals surface area contributed by atoms with Crippen LogP contribution in [0.4, 0.5) is 0 Å². The van der Waals surface area contributed by atoms with E-state index < -0.39 is 0 Å². The molecular weight excluding hydrogens is 200 g/mol. The molecule has 0 saturated carbocycles. The molecule has 0 radical (unpaired) electrons. The van der Waals surface area contributed by atoms with Crippen molar-refractivity contribution in [3.05, 3.63) is 29.6 Å². The Bertz CT molecular complexity index is 454. The largest absolute Gasteiger partial charge is 0.360 e. The number of hydrogen-bond donors (Lipinski definition) is 2. The zero-order valence-electron chi connectivity index (χ0n) is 10.0. The highest BCUT2D eigenvalue weighted by Gasteiger charge is 2.13. The van der Waals surface area contributed by atoms with Crippen LogP contribution < -0.4 is 5.32 Å². The van der Waals surface area contributed by atoms with E-state index in [1.54, 1.807) is 0 Å². The zero-order chi connectivity index (χ0) is 11.5. The number of nitrogens with one attached hydrogen (secondary N) is 2. The van der Waals surface area contributed by atoms with Crippen LogP contribution in [0.3, 0.4) is 0 Å². The van der Waals surface area contributed by atoms with E-state index >= 15 is 0 Å². The maximum absolute atomic E-state index is 4.56. The van der Waals surface area contributed by atoms with Gasteiger partial charge in [0.05, 0.1) is 5.69 Å². The second kappa shape index (κ2) is 4.53. The van der Waals surface area contributed by atoms with Crippen molar-refractivity contribution in [2.75, 3.05) is 13.6 Å². The van der Waals surface area contributed by atoms with Crippen molar-refractivity contribution in [3.63, 3.8) is 0 Å². The van der Waals surface area contributed by atoms with Crippen LogP contribution in [0.15, 0.2) is 18.3 Å². The molecule has 0 fully saturated rings. The average molecular weight is 218 g/mol. The summed E-state index contributed by atoms with van der Waals surface area (Å²) in [6, 6.07) is 4.05. The van der Waals surface area contributed by atoms with Crippen molar-refractivity contribution in [2.45, 2.75) is 13.3 Å². The van der Waals surface area contributed by atoms with Crippen molar-refractivity contribution < 1.29 is 0 Å². The predicted octanol–water partition coefficient (Wildman–Crippen LogP) is 1.49. The first-order chi connectivity index (χ1) is 7.74. The highest BCUT2D eigenvalue weighted by atomic mass is 15.3. The third-order valence-corrected chi connectivity index (χ3v) is 2.89. The van der Waals surface area contributed by atoms with Gasteiger partial charge in [-0.05, 0) is 31.7 Å². The third-order valence-electron chi connectivity index (χ3n) is 2.89. The molecule has 0 aliphatic rings. The van der Waals surface area contributed by atoms with Gasteiger partial charge in [-0.15, -0.1) is 0 Å². The van der Waals surface area contributed by atoms with Gasteiger partial charge in [-0.2, -0.15) is 5.10 Å². The molecule has 2 rings (SSSR count). The molecule has 4 heteroatoms. The second-order valence-corrected chi connectivity index (χ2v) is 3.98. The summed E-state index contributed by atoms with van der Waals surface area (Å²) >= 11 is 0. The molecular formula is C12H18N4. The molecule has 0 atom stereocenters. The van der Waals surface area contributed by atoms with Crippen LogP contribution in [-0.4, -0.2) is 28.4 Å². The monoisotopic (exact) mass is 218 g/mol. The van der Waals surface area contributed by atoms with Crippen LogP contribution in [0, 0.1) is 6.92 Å². The molecule has 0 spiro atoms. The van der Waals surface area contributed by atoms with Gasteiger partial charge in [0.2, 0.25) is 0 Å². The smallest absolute Gasteiger partial charge is 0.112 e. The van der Waals surface area contributed by atoms with Gasteiger partial charge in [-0.3, -0.25) is 4.68 Å². The zero-order valence-corrected chi connectivity index (χ0v) is 10.0. The molecule has 0 unspecified atom stereocenters. The third kappa shape index (κ3) is 1.88. The predicted molar refractivity (Wildman–Crippen MR) is 65.4 cm³/mol. The van der Waals surface area contributed by atoms with Crippen LogP contribution in [-0.2, 0) is 13.5 Å². The summed E-state index contributed by atoms with van der Waals surface area (Å²) in [4.78, 5) is 3.20. The number of hydrogen-bond acceptors (Lipinski definition) is 2. The quantitative estimate of drug-likeness (QED) is 0.816. The Morgan fingerprint density at radius 1 is 1.50 bits per heavy atom. The van der Waals surface area contributed by atoms with Crippen LogP contribution in [0.5, 0.6) is 0 Å². The minimum atomic E-state index is 0.977. The summed E-state index contributed by atoms with van der Waals surface area (Å²) in [5, 5.41) is 7.73. The van der Waals surface area contributed by atoms with Gasteiger partial charge in [0.15, 0.2) is 0 Å². The Morgan fingerprint density at radius 3 is 2.94 bits per heavy atom. The van der Waals surface area contributed by atoms with Gasteiger partial charge < -0.3 is 10.3 Å². The lowest BCUT2D eigenvalue weighted by Crippen LogP contribution is -2.13. The number of rotatable bonds is 4. The van der Waals surface area contributed by atoms with Crippen LogP contribution in [0.2, 0.25) is 0 Å². The SMILES string of the molecule is CNCCc1c(C)c(-c2ccc[nH]2)nn1C. The van der Waals surface area contributed by atoms with Gasteiger partial charge in [-0.25, -0.2) is 0 Å². The van der Waals surface area contributed by atoms with Crippen LogP contribution in [0.25, 0.3) is 11.4 Å². The van der Waals surface area contributed by atoms with Gasteiger partial charge >= 0.3 is 0 Å². The standard InChI is InChI=1S/C12H18N4/c1-9-11(6-8-13-2)16(3)15-12(9)10-5-4-7-14-10/h4-5,7,13-14H,6,8H2,1-3H3. The fourth-order valence-corrected chi connectivity index (χ4v) is 1.99. The van der Waals surface area contributed by atoms with E-state index in [-0.39, 0.29) is 0 Å². The van der Waals surface area contributed by atoms with Crippen LogP contribution in [0.1, 0.15) is 11.3 Å². The van der Waals surface area contributed by atoms with Gasteiger partial charge in [0, 0.05) is 31.9 Å². The second-order valence-electron chi connectivity index (χ2n) is 3.98. The first-order valence-corrected chi connectivity index (χ1v) is 5.55. The number of aryl methyl sites for hydroxylation is 1. The minimum absolute atomic E-state index is 0.977. The van der Waals surface area contributed by atoms with Crippen molar-refractivity contribution in [1.82, 2.24) is 20.1 Å². The highest BCUT2D eigenvalue weighted by molar-refractivity contribution is 5.59. The van der Waals surface area contributed by atoms with Gasteiger partial charge in [0.25, 0.3) is 0 Å². The Balaban J connectivity index is 2.35. The normalized spacial score (nSPS) is 10.9. The van der Waals surface area contributed by atoms with Gasteiger partial charge in [0.1, 0.15) is 5.69 Å². The Labute approximate surface area is 95.7 Å². The van der Waals surface area contributed by atoms with E-state index in [2.05, 4.69) is 28.4 Å². The van der Waals surface area contributed by atoms with E-state index in [1.807, 2.05) is 31.0 Å². The molecule has 2 heterocycles. The molecule has 0 aliphatic heterocycles. The van der Waals surface area contributed by atoms with Crippen molar-refractivity contribution in [1.29, 1.82) is 0 Å². The number of likely N-dealkylation sites (N-methyl/N-ethyl adjacent to an activating group) is 1. The molecule has 16 heavy (non-hydrogen) atoms. The molecule has 0 bridgehead atoms. The average Bonchev–Trinajstić information content (AvgIpc) is 2.86. The Hall–Kier alpha value is -1.55. The number of H-pyrrole nitrogens is 1. The number of nitrogens with zero attached hydrogens (tertiary/aromatic N) is 2. The summed E-state index contributed by atoms with van der Waals surface area (Å²) in [5.74, 6) is 0. The maximum atomic E-state index is 4.56. The molecule has 0 amide bonds. The molecule has 2 aromatic rings. The molecule has 2 aromatic heterocycles. The number of aromatic nitrogens is 3. The van der Waals surface area contributed by atoms with Crippen molar-refractivity contribution in [2.24, 2.45) is 7.05 Å². The Morgan fingerprint density at radius 2 is 2.31 bits per heavy atom. The Kier molecular flexibility index (Phi) is 3.10. The lowest BCUT2D eigenvalue weighted by atomic mass is 10.1. The summed E-state index contributed by atoms with van der Waals surface area (Å²) in [6.07, 6.45) is 2.93. The molecule has 2 N–H and O–H groups in total. The van der Waals surface area contributed by atoms with Crippen molar-refractivity contribution >= 4 is 0 Å². The summed E-state index contributed by atoms with van der Waals surface area (Å²) in [5.41, 5.74) is 4.70. The summed E-state index contributed by atoms with van der Waals surface area (Å²) in [6.45, 7) is 3.11.